The van der Waals surface area contributed by atoms with Gasteiger partial charge in [-0.05, 0) is 18.2 Å². The molecule has 0 aliphatic carbocycles. The summed E-state index contributed by atoms with van der Waals surface area (Å²) in [4.78, 5) is 28.0. The summed E-state index contributed by atoms with van der Waals surface area (Å²) in [5.41, 5.74) is 0.816. The number of nitro groups is 1. The van der Waals surface area contributed by atoms with Crippen molar-refractivity contribution in [1.29, 1.82) is 0 Å². The molecule has 1 heterocycles. The largest absolute Gasteiger partial charge is 0.336 e. The first-order chi connectivity index (χ1) is 9.99. The van der Waals surface area contributed by atoms with Gasteiger partial charge in [0.05, 0.1) is 27.7 Å². The maximum atomic E-state index is 12.3. The van der Waals surface area contributed by atoms with Crippen LogP contribution in [0.4, 0.5) is 5.69 Å². The Bertz CT molecular complexity index is 676. The van der Waals surface area contributed by atoms with Crippen molar-refractivity contribution < 1.29 is 9.72 Å². The van der Waals surface area contributed by atoms with Crippen LogP contribution in [0.25, 0.3) is 0 Å². The molecule has 0 saturated carbocycles. The van der Waals surface area contributed by atoms with E-state index in [0.717, 1.165) is 5.69 Å². The van der Waals surface area contributed by atoms with E-state index in [-0.39, 0.29) is 22.2 Å². The average molecular weight is 306 g/mol. The molecular weight excluding hydrogens is 294 g/mol. The fourth-order valence-electron chi connectivity index (χ4n) is 1.80. The van der Waals surface area contributed by atoms with Gasteiger partial charge < -0.3 is 4.90 Å². The molecule has 1 amide bonds. The lowest BCUT2D eigenvalue weighted by Gasteiger charge is -2.17. The van der Waals surface area contributed by atoms with Gasteiger partial charge in [0.1, 0.15) is 0 Å². The van der Waals surface area contributed by atoms with Crippen molar-refractivity contribution >= 4 is 23.2 Å². The molecule has 0 N–H and O–H groups in total. The summed E-state index contributed by atoms with van der Waals surface area (Å²) in [6, 6.07) is 9.22. The van der Waals surface area contributed by atoms with Crippen molar-refractivity contribution in [3.63, 3.8) is 0 Å². The molecule has 0 atom stereocenters. The highest BCUT2D eigenvalue weighted by molar-refractivity contribution is 6.34. The fourth-order valence-corrected chi connectivity index (χ4v) is 2.06. The summed E-state index contributed by atoms with van der Waals surface area (Å²) in [5.74, 6) is -0.319. The van der Waals surface area contributed by atoms with Crippen molar-refractivity contribution in [2.45, 2.75) is 6.54 Å². The van der Waals surface area contributed by atoms with E-state index in [1.54, 1.807) is 25.4 Å². The molecule has 7 heteroatoms. The summed E-state index contributed by atoms with van der Waals surface area (Å²) in [5, 5.41) is 10.7. The lowest BCUT2D eigenvalue weighted by Crippen LogP contribution is -2.26. The van der Waals surface area contributed by atoms with Crippen molar-refractivity contribution in [1.82, 2.24) is 9.88 Å². The zero-order chi connectivity index (χ0) is 15.4. The topological polar surface area (TPSA) is 76.3 Å². The van der Waals surface area contributed by atoms with Gasteiger partial charge in [0.2, 0.25) is 0 Å². The summed E-state index contributed by atoms with van der Waals surface area (Å²) >= 11 is 5.95. The van der Waals surface area contributed by atoms with Gasteiger partial charge >= 0.3 is 0 Å². The number of amides is 1. The number of carbonyl (C=O) groups is 1. The third kappa shape index (κ3) is 3.55. The average Bonchev–Trinajstić information content (AvgIpc) is 2.47. The van der Waals surface area contributed by atoms with Gasteiger partial charge in [0, 0.05) is 25.4 Å². The molecule has 108 valence electrons. The van der Waals surface area contributed by atoms with E-state index in [0.29, 0.717) is 6.54 Å². The maximum Gasteiger partial charge on any atom is 0.270 e. The number of hydrogen-bond donors (Lipinski definition) is 0. The van der Waals surface area contributed by atoms with Crippen LogP contribution in [0, 0.1) is 10.1 Å². The highest BCUT2D eigenvalue weighted by Crippen LogP contribution is 2.23. The van der Waals surface area contributed by atoms with Gasteiger partial charge in [0.25, 0.3) is 11.6 Å². The predicted octanol–water partition coefficient (Wildman–Crippen LogP) is 2.92. The molecular formula is C14H12ClN3O3. The summed E-state index contributed by atoms with van der Waals surface area (Å²) in [6.07, 6.45) is 1.65. The van der Waals surface area contributed by atoms with Crippen LogP contribution in [0.3, 0.4) is 0 Å². The van der Waals surface area contributed by atoms with Gasteiger partial charge in [-0.3, -0.25) is 19.9 Å². The van der Waals surface area contributed by atoms with Crippen LogP contribution < -0.4 is 0 Å². The Morgan fingerprint density at radius 1 is 1.38 bits per heavy atom. The van der Waals surface area contributed by atoms with E-state index < -0.39 is 4.92 Å². The lowest BCUT2D eigenvalue weighted by molar-refractivity contribution is -0.384. The number of nitrogens with zero attached hydrogens (tertiary/aromatic N) is 3. The smallest absolute Gasteiger partial charge is 0.270 e. The SMILES string of the molecule is CN(Cc1ccccn1)C(=O)c1ccc([N+](=O)[O-])cc1Cl. The third-order valence-electron chi connectivity index (χ3n) is 2.87. The minimum atomic E-state index is -0.558. The Morgan fingerprint density at radius 3 is 2.71 bits per heavy atom. The number of carbonyl (C=O) groups excluding carboxylic acids is 1. The van der Waals surface area contributed by atoms with Crippen LogP contribution in [0.1, 0.15) is 16.1 Å². The quantitative estimate of drug-likeness (QED) is 0.643. The number of hydrogen-bond acceptors (Lipinski definition) is 4. The molecule has 0 radical (unpaired) electrons. The monoisotopic (exact) mass is 305 g/mol. The summed E-state index contributed by atoms with van der Waals surface area (Å²) in [6.45, 7) is 0.326. The van der Waals surface area contributed by atoms with E-state index in [9.17, 15) is 14.9 Å². The van der Waals surface area contributed by atoms with Crippen LogP contribution in [-0.4, -0.2) is 27.8 Å². The minimum Gasteiger partial charge on any atom is -0.336 e. The Kier molecular flexibility index (Phi) is 4.49. The molecule has 1 aromatic carbocycles. The number of nitro benzene ring substituents is 1. The van der Waals surface area contributed by atoms with Crippen molar-refractivity contribution in [2.75, 3.05) is 7.05 Å². The van der Waals surface area contributed by atoms with Crippen LogP contribution in [0.2, 0.25) is 5.02 Å². The van der Waals surface area contributed by atoms with Gasteiger partial charge in [-0.1, -0.05) is 17.7 Å². The molecule has 21 heavy (non-hydrogen) atoms. The van der Waals surface area contributed by atoms with E-state index in [4.69, 9.17) is 11.6 Å². The standard InChI is InChI=1S/C14H12ClN3O3/c1-17(9-10-4-2-3-7-16-10)14(19)12-6-5-11(18(20)21)8-13(12)15/h2-8H,9H2,1H3. The number of benzene rings is 1. The molecule has 1 aromatic heterocycles. The molecule has 6 nitrogen and oxygen atoms in total. The zero-order valence-corrected chi connectivity index (χ0v) is 11.9. The molecule has 0 fully saturated rings. The Labute approximate surface area is 126 Å². The van der Waals surface area contributed by atoms with E-state index >= 15 is 0 Å². The second-order valence-electron chi connectivity index (χ2n) is 4.40. The normalized spacial score (nSPS) is 10.2. The molecule has 2 rings (SSSR count). The summed E-state index contributed by atoms with van der Waals surface area (Å²) in [7, 11) is 1.62. The van der Waals surface area contributed by atoms with Crippen molar-refractivity contribution in [3.8, 4) is 0 Å². The fraction of sp³-hybridized carbons (Fsp3) is 0.143. The van der Waals surface area contributed by atoms with Crippen molar-refractivity contribution in [3.05, 3.63) is 69.0 Å². The maximum absolute atomic E-state index is 12.3. The van der Waals surface area contributed by atoms with Gasteiger partial charge in [-0.15, -0.1) is 0 Å². The molecule has 0 bridgehead atoms. The highest BCUT2D eigenvalue weighted by Gasteiger charge is 2.18. The number of aromatic nitrogens is 1. The number of non-ortho nitro benzene ring substituents is 1. The molecule has 0 spiro atoms. The Morgan fingerprint density at radius 2 is 2.14 bits per heavy atom. The van der Waals surface area contributed by atoms with Gasteiger partial charge in [0.15, 0.2) is 0 Å². The molecule has 0 aliphatic rings. The first-order valence-corrected chi connectivity index (χ1v) is 6.46. The Balaban J connectivity index is 2.18. The number of halogens is 1. The predicted molar refractivity (Wildman–Crippen MR) is 78.1 cm³/mol. The van der Waals surface area contributed by atoms with Crippen LogP contribution in [-0.2, 0) is 6.54 Å². The molecule has 0 unspecified atom stereocenters. The van der Waals surface area contributed by atoms with E-state index in [2.05, 4.69) is 4.98 Å². The van der Waals surface area contributed by atoms with Crippen LogP contribution >= 0.6 is 11.6 Å². The van der Waals surface area contributed by atoms with E-state index in [1.165, 1.54) is 23.1 Å². The van der Waals surface area contributed by atoms with Crippen LogP contribution in [0.15, 0.2) is 42.6 Å². The number of rotatable bonds is 4. The molecule has 2 aromatic rings. The minimum absolute atomic E-state index is 0.0575. The lowest BCUT2D eigenvalue weighted by atomic mass is 10.1. The van der Waals surface area contributed by atoms with Gasteiger partial charge in [-0.2, -0.15) is 0 Å². The molecule has 0 aliphatic heterocycles. The second kappa shape index (κ2) is 6.32. The van der Waals surface area contributed by atoms with Crippen molar-refractivity contribution in [2.24, 2.45) is 0 Å². The van der Waals surface area contributed by atoms with Gasteiger partial charge in [-0.25, -0.2) is 0 Å². The molecule has 0 saturated heterocycles. The first kappa shape index (κ1) is 14.9. The zero-order valence-electron chi connectivity index (χ0n) is 11.2. The third-order valence-corrected chi connectivity index (χ3v) is 3.18. The summed E-state index contributed by atoms with van der Waals surface area (Å²) < 4.78 is 0. The van der Waals surface area contributed by atoms with Crippen LogP contribution in [0.5, 0.6) is 0 Å². The first-order valence-electron chi connectivity index (χ1n) is 6.08. The highest BCUT2D eigenvalue weighted by atomic mass is 35.5. The van der Waals surface area contributed by atoms with E-state index in [1.807, 2.05) is 6.07 Å². The number of pyridine rings is 1. The Hall–Kier alpha value is -2.47. The second-order valence-corrected chi connectivity index (χ2v) is 4.81.